The van der Waals surface area contributed by atoms with Gasteiger partial charge in [-0.2, -0.15) is 5.10 Å². The molecule has 22 heavy (non-hydrogen) atoms. The molecule has 0 saturated heterocycles. The first kappa shape index (κ1) is 13.6. The zero-order valence-electron chi connectivity index (χ0n) is 12.7. The quantitative estimate of drug-likeness (QED) is 0.689. The fraction of sp³-hybridized carbons (Fsp3) is 0.529. The van der Waals surface area contributed by atoms with Gasteiger partial charge in [-0.1, -0.05) is 6.42 Å². The minimum Gasteiger partial charge on any atom is -0.454 e. The number of benzene rings is 1. The lowest BCUT2D eigenvalue weighted by atomic mass is 9.86. The van der Waals surface area contributed by atoms with E-state index in [0.717, 1.165) is 17.5 Å². The summed E-state index contributed by atoms with van der Waals surface area (Å²) in [5, 5.41) is 4.34. The highest BCUT2D eigenvalue weighted by Crippen LogP contribution is 2.48. The number of nitrogens with one attached hydrogen (secondary N) is 1. The van der Waals surface area contributed by atoms with Gasteiger partial charge in [-0.15, -0.1) is 0 Å². The van der Waals surface area contributed by atoms with Crippen molar-refractivity contribution >= 4 is 11.6 Å². The van der Waals surface area contributed by atoms with Crippen molar-refractivity contribution in [1.29, 1.82) is 0 Å². The minimum atomic E-state index is -0.208. The second-order valence-electron chi connectivity index (χ2n) is 6.54. The molecule has 0 aromatic heterocycles. The number of nitrogens with zero attached hydrogens (tertiary/aromatic N) is 1. The molecule has 116 valence electrons. The highest BCUT2D eigenvalue weighted by molar-refractivity contribution is 5.96. The molecule has 1 aromatic rings. The van der Waals surface area contributed by atoms with E-state index in [2.05, 4.69) is 10.5 Å². The summed E-state index contributed by atoms with van der Waals surface area (Å²) in [6, 6.07) is 5.18. The van der Waals surface area contributed by atoms with Gasteiger partial charge in [0.1, 0.15) is 0 Å². The largest absolute Gasteiger partial charge is 0.454 e. The molecule has 0 radical (unpaired) electrons. The molecule has 4 rings (SSSR count). The standard InChI is InChI=1S/C17H20N2O3/c1-10(14-7-11-2-3-12(14)6-11)18-19-17(20)13-4-5-15-16(8-13)22-9-21-15/h4-5,8,11-12,14H,2-3,6-7,9H2,1H3,(H,19,20)/b18-10-/t11-,12+,14-/m0/s1. The van der Waals surface area contributed by atoms with Crippen LogP contribution in [0, 0.1) is 17.8 Å². The number of carbonyl (C=O) groups excluding carboxylic acids is 1. The van der Waals surface area contributed by atoms with Crippen LogP contribution in [0.15, 0.2) is 23.3 Å². The van der Waals surface area contributed by atoms with Crippen LogP contribution in [-0.4, -0.2) is 18.4 Å². The van der Waals surface area contributed by atoms with Crippen molar-refractivity contribution in [3.05, 3.63) is 23.8 Å². The van der Waals surface area contributed by atoms with Gasteiger partial charge in [0.05, 0.1) is 0 Å². The van der Waals surface area contributed by atoms with Crippen LogP contribution in [0.25, 0.3) is 0 Å². The van der Waals surface area contributed by atoms with Crippen LogP contribution in [-0.2, 0) is 0 Å². The Balaban J connectivity index is 1.42. The molecule has 3 aliphatic rings. The Morgan fingerprint density at radius 2 is 2.09 bits per heavy atom. The van der Waals surface area contributed by atoms with Crippen molar-refractivity contribution < 1.29 is 14.3 Å². The molecule has 3 atom stereocenters. The maximum absolute atomic E-state index is 12.2. The Kier molecular flexibility index (Phi) is 3.28. The fourth-order valence-corrected chi connectivity index (χ4v) is 4.08. The number of hydrogen-bond donors (Lipinski definition) is 1. The normalized spacial score (nSPS) is 29.0. The van der Waals surface area contributed by atoms with Crippen LogP contribution in [0.5, 0.6) is 11.5 Å². The summed E-state index contributed by atoms with van der Waals surface area (Å²) in [5.74, 6) is 3.29. The minimum absolute atomic E-state index is 0.208. The van der Waals surface area contributed by atoms with Crippen molar-refractivity contribution in [2.45, 2.75) is 32.6 Å². The molecule has 0 spiro atoms. The predicted octanol–water partition coefficient (Wildman–Crippen LogP) is 2.96. The summed E-state index contributed by atoms with van der Waals surface area (Å²) < 4.78 is 10.5. The van der Waals surface area contributed by atoms with Gasteiger partial charge < -0.3 is 9.47 Å². The number of ether oxygens (including phenoxy) is 2. The molecular weight excluding hydrogens is 280 g/mol. The van der Waals surface area contributed by atoms with E-state index in [-0.39, 0.29) is 12.7 Å². The SMILES string of the molecule is C/C(=N/NC(=O)c1ccc2c(c1)OCO2)[C@@H]1C[C@H]2CC[C@@H]1C2. The van der Waals surface area contributed by atoms with Gasteiger partial charge in [-0.3, -0.25) is 4.79 Å². The average Bonchev–Trinajstić information content (AvgIpc) is 3.26. The molecule has 1 heterocycles. The molecule has 0 unspecified atom stereocenters. The summed E-state index contributed by atoms with van der Waals surface area (Å²) >= 11 is 0. The average molecular weight is 300 g/mol. The van der Waals surface area contributed by atoms with Gasteiger partial charge in [0.25, 0.3) is 5.91 Å². The van der Waals surface area contributed by atoms with Crippen molar-refractivity contribution in [1.82, 2.24) is 5.43 Å². The van der Waals surface area contributed by atoms with Gasteiger partial charge in [-0.25, -0.2) is 5.43 Å². The number of fused-ring (bicyclic) bond motifs is 3. The van der Waals surface area contributed by atoms with E-state index >= 15 is 0 Å². The van der Waals surface area contributed by atoms with Crippen LogP contribution in [0.2, 0.25) is 0 Å². The smallest absolute Gasteiger partial charge is 0.271 e. The Labute approximate surface area is 129 Å². The van der Waals surface area contributed by atoms with Crippen LogP contribution in [0.4, 0.5) is 0 Å². The van der Waals surface area contributed by atoms with Crippen LogP contribution in [0.3, 0.4) is 0 Å². The van der Waals surface area contributed by atoms with Crippen LogP contribution in [0.1, 0.15) is 43.0 Å². The van der Waals surface area contributed by atoms with Crippen molar-refractivity contribution in [3.8, 4) is 11.5 Å². The Bertz CT molecular complexity index is 641. The maximum atomic E-state index is 12.2. The number of carbonyl (C=O) groups is 1. The van der Waals surface area contributed by atoms with Crippen LogP contribution >= 0.6 is 0 Å². The van der Waals surface area contributed by atoms with Crippen LogP contribution < -0.4 is 14.9 Å². The van der Waals surface area contributed by atoms with Crippen molar-refractivity contribution in [2.24, 2.45) is 22.9 Å². The highest BCUT2D eigenvalue weighted by Gasteiger charge is 2.40. The maximum Gasteiger partial charge on any atom is 0.271 e. The monoisotopic (exact) mass is 300 g/mol. The number of rotatable bonds is 3. The molecule has 1 aromatic carbocycles. The first-order chi connectivity index (χ1) is 10.7. The third-order valence-electron chi connectivity index (χ3n) is 5.24. The molecule has 2 aliphatic carbocycles. The first-order valence-corrected chi connectivity index (χ1v) is 7.95. The number of hydrogen-bond acceptors (Lipinski definition) is 4. The van der Waals surface area contributed by atoms with E-state index in [1.165, 1.54) is 25.7 Å². The molecule has 1 amide bonds. The van der Waals surface area contributed by atoms with Gasteiger partial charge in [0.15, 0.2) is 11.5 Å². The molecule has 5 nitrogen and oxygen atoms in total. The molecule has 2 bridgehead atoms. The van der Waals surface area contributed by atoms with Gasteiger partial charge in [0.2, 0.25) is 6.79 Å². The molecule has 5 heteroatoms. The third-order valence-corrected chi connectivity index (χ3v) is 5.24. The summed E-state index contributed by atoms with van der Waals surface area (Å²) in [5.41, 5.74) is 4.27. The molecule has 2 fully saturated rings. The van der Waals surface area contributed by atoms with Crippen molar-refractivity contribution in [3.63, 3.8) is 0 Å². The summed E-state index contributed by atoms with van der Waals surface area (Å²) in [7, 11) is 0. The topological polar surface area (TPSA) is 59.9 Å². The van der Waals surface area contributed by atoms with Gasteiger partial charge in [-0.05, 0) is 56.2 Å². The van der Waals surface area contributed by atoms with E-state index in [4.69, 9.17) is 9.47 Å². The van der Waals surface area contributed by atoms with E-state index in [0.29, 0.717) is 23.0 Å². The lowest BCUT2D eigenvalue weighted by molar-refractivity contribution is 0.0954. The van der Waals surface area contributed by atoms with Gasteiger partial charge in [0, 0.05) is 17.2 Å². The summed E-state index contributed by atoms with van der Waals surface area (Å²) in [6.45, 7) is 2.24. The zero-order valence-corrected chi connectivity index (χ0v) is 12.7. The highest BCUT2D eigenvalue weighted by atomic mass is 16.7. The fourth-order valence-electron chi connectivity index (χ4n) is 4.08. The summed E-state index contributed by atoms with van der Waals surface area (Å²) in [6.07, 6.45) is 5.27. The number of hydrazone groups is 1. The number of amides is 1. The van der Waals surface area contributed by atoms with E-state index in [9.17, 15) is 4.79 Å². The predicted molar refractivity (Wildman–Crippen MR) is 82.1 cm³/mol. The molecule has 2 saturated carbocycles. The molecule has 1 N–H and O–H groups in total. The second-order valence-corrected chi connectivity index (χ2v) is 6.54. The van der Waals surface area contributed by atoms with E-state index < -0.39 is 0 Å². The Hall–Kier alpha value is -2.04. The van der Waals surface area contributed by atoms with E-state index in [1.807, 2.05) is 6.92 Å². The lowest BCUT2D eigenvalue weighted by Crippen LogP contribution is -2.24. The first-order valence-electron chi connectivity index (χ1n) is 7.95. The zero-order chi connectivity index (χ0) is 15.1. The molecule has 1 aliphatic heterocycles. The Morgan fingerprint density at radius 3 is 2.86 bits per heavy atom. The second kappa shape index (κ2) is 5.30. The van der Waals surface area contributed by atoms with Crippen molar-refractivity contribution in [2.75, 3.05) is 6.79 Å². The lowest BCUT2D eigenvalue weighted by Gasteiger charge is -2.21. The van der Waals surface area contributed by atoms with Gasteiger partial charge >= 0.3 is 0 Å². The Morgan fingerprint density at radius 1 is 1.23 bits per heavy atom. The summed E-state index contributed by atoms with van der Waals surface area (Å²) in [4.78, 5) is 12.2. The molecular formula is C17H20N2O3. The van der Waals surface area contributed by atoms with E-state index in [1.54, 1.807) is 18.2 Å². The third kappa shape index (κ3) is 2.34.